The van der Waals surface area contributed by atoms with Crippen LogP contribution in [0.25, 0.3) is 0 Å². The number of halogens is 2. The predicted molar refractivity (Wildman–Crippen MR) is 98.1 cm³/mol. The van der Waals surface area contributed by atoms with Crippen LogP contribution >= 0.6 is 31.9 Å². The van der Waals surface area contributed by atoms with Crippen LogP contribution in [-0.4, -0.2) is 31.4 Å². The van der Waals surface area contributed by atoms with E-state index in [0.29, 0.717) is 21.5 Å². The number of aromatic hydroxyl groups is 1. The van der Waals surface area contributed by atoms with Crippen molar-refractivity contribution in [3.63, 3.8) is 0 Å². The molecule has 0 heterocycles. The first-order valence-electron chi connectivity index (χ1n) is 6.69. The number of carbonyl (C=O) groups excluding carboxylic acids is 1. The summed E-state index contributed by atoms with van der Waals surface area (Å²) in [6.07, 6.45) is 1.44. The number of benzene rings is 2. The number of rotatable bonds is 5. The van der Waals surface area contributed by atoms with Gasteiger partial charge in [0.1, 0.15) is 17.2 Å². The molecule has 0 aliphatic carbocycles. The van der Waals surface area contributed by atoms with Crippen LogP contribution in [0.5, 0.6) is 17.2 Å². The number of ether oxygens (including phenoxy) is 2. The first kappa shape index (κ1) is 18.3. The molecule has 2 aromatic carbocycles. The molecule has 0 fully saturated rings. The Hall–Kier alpha value is -2.06. The summed E-state index contributed by atoms with van der Waals surface area (Å²) in [5.41, 5.74) is 3.12. The van der Waals surface area contributed by atoms with Crippen molar-refractivity contribution in [2.75, 3.05) is 14.2 Å². The number of hydrogen-bond donors (Lipinski definition) is 2. The van der Waals surface area contributed by atoms with Crippen LogP contribution in [0.15, 0.2) is 44.4 Å². The lowest BCUT2D eigenvalue weighted by atomic mass is 10.2. The Morgan fingerprint density at radius 2 is 1.88 bits per heavy atom. The molecule has 0 unspecified atom stereocenters. The van der Waals surface area contributed by atoms with Crippen LogP contribution in [0.2, 0.25) is 0 Å². The number of nitrogens with zero attached hydrogens (tertiary/aromatic N) is 1. The number of amides is 1. The highest BCUT2D eigenvalue weighted by atomic mass is 79.9. The van der Waals surface area contributed by atoms with Crippen molar-refractivity contribution in [2.45, 2.75) is 0 Å². The fourth-order valence-electron chi connectivity index (χ4n) is 1.90. The maximum absolute atomic E-state index is 12.1. The molecular formula is C16H14Br2N2O4. The normalized spacial score (nSPS) is 10.7. The molecule has 2 N–H and O–H groups in total. The Kier molecular flexibility index (Phi) is 6.22. The van der Waals surface area contributed by atoms with Crippen LogP contribution in [0, 0.1) is 0 Å². The third-order valence-corrected chi connectivity index (χ3v) is 4.19. The summed E-state index contributed by atoms with van der Waals surface area (Å²) in [5, 5.41) is 13.6. The summed E-state index contributed by atoms with van der Waals surface area (Å²) in [7, 11) is 3.08. The summed E-state index contributed by atoms with van der Waals surface area (Å²) in [6.45, 7) is 0. The van der Waals surface area contributed by atoms with E-state index in [1.807, 2.05) is 0 Å². The Morgan fingerprint density at radius 1 is 1.17 bits per heavy atom. The molecule has 0 spiro atoms. The number of hydrogen-bond acceptors (Lipinski definition) is 5. The molecule has 126 valence electrons. The third kappa shape index (κ3) is 4.27. The lowest BCUT2D eigenvalue weighted by molar-refractivity contribution is 0.0952. The van der Waals surface area contributed by atoms with E-state index >= 15 is 0 Å². The molecule has 6 nitrogen and oxygen atoms in total. The maximum Gasteiger partial charge on any atom is 0.275 e. The Balaban J connectivity index is 2.18. The Morgan fingerprint density at radius 3 is 2.54 bits per heavy atom. The number of methoxy groups -OCH3 is 2. The number of carbonyl (C=O) groups is 1. The van der Waals surface area contributed by atoms with Gasteiger partial charge in [0.05, 0.1) is 30.5 Å². The van der Waals surface area contributed by atoms with Gasteiger partial charge in [-0.15, -0.1) is 0 Å². The zero-order chi connectivity index (χ0) is 17.7. The summed E-state index contributed by atoms with van der Waals surface area (Å²) in [5.74, 6) is 0.498. The molecule has 0 atom stereocenters. The third-order valence-electron chi connectivity index (χ3n) is 3.08. The highest BCUT2D eigenvalue weighted by molar-refractivity contribution is 9.10. The van der Waals surface area contributed by atoms with E-state index in [-0.39, 0.29) is 11.3 Å². The second-order valence-corrected chi connectivity index (χ2v) is 6.36. The molecule has 24 heavy (non-hydrogen) atoms. The van der Waals surface area contributed by atoms with Crippen LogP contribution < -0.4 is 14.9 Å². The van der Waals surface area contributed by atoms with Gasteiger partial charge >= 0.3 is 0 Å². The van der Waals surface area contributed by atoms with Crippen LogP contribution in [-0.2, 0) is 0 Å². The average molecular weight is 458 g/mol. The Bertz CT molecular complexity index is 794. The molecule has 0 aliphatic heterocycles. The van der Waals surface area contributed by atoms with Crippen molar-refractivity contribution >= 4 is 44.0 Å². The second-order valence-electron chi connectivity index (χ2n) is 4.59. The summed E-state index contributed by atoms with van der Waals surface area (Å²) < 4.78 is 11.9. The molecule has 0 bridgehead atoms. The van der Waals surface area contributed by atoms with Gasteiger partial charge in [0.2, 0.25) is 0 Å². The summed E-state index contributed by atoms with van der Waals surface area (Å²) in [4.78, 5) is 12.1. The first-order valence-corrected chi connectivity index (χ1v) is 8.28. The molecule has 2 aromatic rings. The zero-order valence-corrected chi connectivity index (χ0v) is 16.0. The molecule has 0 radical (unpaired) electrons. The number of phenolic OH excluding ortho intramolecular Hbond substituents is 1. The minimum Gasteiger partial charge on any atom is -0.507 e. The molecule has 8 heteroatoms. The van der Waals surface area contributed by atoms with Gasteiger partial charge in [-0.1, -0.05) is 15.9 Å². The van der Waals surface area contributed by atoms with E-state index in [1.165, 1.54) is 25.5 Å². The number of hydrazone groups is 1. The monoisotopic (exact) mass is 456 g/mol. The van der Waals surface area contributed by atoms with Crippen molar-refractivity contribution in [1.82, 2.24) is 5.43 Å². The lowest BCUT2D eigenvalue weighted by Gasteiger charge is -2.09. The Labute approximate surface area is 155 Å². The van der Waals surface area contributed by atoms with Gasteiger partial charge < -0.3 is 14.6 Å². The summed E-state index contributed by atoms with van der Waals surface area (Å²) in [6, 6.07) is 8.02. The minimum atomic E-state index is -0.531. The van der Waals surface area contributed by atoms with E-state index in [2.05, 4.69) is 42.4 Å². The van der Waals surface area contributed by atoms with Gasteiger partial charge in [-0.05, 0) is 40.2 Å². The van der Waals surface area contributed by atoms with Gasteiger partial charge in [-0.2, -0.15) is 5.10 Å². The topological polar surface area (TPSA) is 80.2 Å². The molecule has 0 aromatic heterocycles. The smallest absolute Gasteiger partial charge is 0.275 e. The van der Waals surface area contributed by atoms with Gasteiger partial charge in [0, 0.05) is 16.1 Å². The minimum absolute atomic E-state index is 0.115. The van der Waals surface area contributed by atoms with Crippen LogP contribution in [0.1, 0.15) is 15.9 Å². The highest BCUT2D eigenvalue weighted by Crippen LogP contribution is 2.32. The van der Waals surface area contributed by atoms with E-state index < -0.39 is 5.91 Å². The molecule has 2 rings (SSSR count). The number of nitrogens with one attached hydrogen (secondary N) is 1. The SMILES string of the molecule is COc1cc(OC)c(/C=N\NC(=O)c2cc(Br)ccc2O)cc1Br. The van der Waals surface area contributed by atoms with Crippen LogP contribution in [0.4, 0.5) is 0 Å². The van der Waals surface area contributed by atoms with Gasteiger partial charge in [0.25, 0.3) is 5.91 Å². The highest BCUT2D eigenvalue weighted by Gasteiger charge is 2.11. The van der Waals surface area contributed by atoms with Gasteiger partial charge in [-0.25, -0.2) is 5.43 Å². The fraction of sp³-hybridized carbons (Fsp3) is 0.125. The summed E-state index contributed by atoms with van der Waals surface area (Å²) >= 11 is 6.62. The number of phenols is 1. The van der Waals surface area contributed by atoms with Gasteiger partial charge in [0.15, 0.2) is 0 Å². The molecule has 0 saturated carbocycles. The van der Waals surface area contributed by atoms with Crippen molar-refractivity contribution in [2.24, 2.45) is 5.10 Å². The van der Waals surface area contributed by atoms with Crippen molar-refractivity contribution in [3.8, 4) is 17.2 Å². The first-order chi connectivity index (χ1) is 11.5. The maximum atomic E-state index is 12.1. The van der Waals surface area contributed by atoms with E-state index in [0.717, 1.165) is 4.47 Å². The average Bonchev–Trinajstić information content (AvgIpc) is 2.57. The zero-order valence-electron chi connectivity index (χ0n) is 12.8. The molecule has 0 aliphatic rings. The van der Waals surface area contributed by atoms with E-state index in [1.54, 1.807) is 25.3 Å². The fourth-order valence-corrected chi connectivity index (χ4v) is 2.78. The molecule has 0 saturated heterocycles. The van der Waals surface area contributed by atoms with Crippen molar-refractivity contribution in [1.29, 1.82) is 0 Å². The van der Waals surface area contributed by atoms with E-state index in [9.17, 15) is 9.90 Å². The standard InChI is InChI=1S/C16H14Br2N2O4/c1-23-14-7-15(24-2)12(18)5-9(14)8-19-20-16(22)11-6-10(17)3-4-13(11)21/h3-8,21H,1-2H3,(H,20,22)/b19-8-. The van der Waals surface area contributed by atoms with Crippen LogP contribution in [0.3, 0.4) is 0 Å². The molecular weight excluding hydrogens is 444 g/mol. The second kappa shape index (κ2) is 8.16. The molecule has 1 amide bonds. The van der Waals surface area contributed by atoms with Crippen molar-refractivity contribution in [3.05, 3.63) is 50.4 Å². The largest absolute Gasteiger partial charge is 0.507 e. The van der Waals surface area contributed by atoms with Gasteiger partial charge in [-0.3, -0.25) is 4.79 Å². The van der Waals surface area contributed by atoms with E-state index in [4.69, 9.17) is 9.47 Å². The quantitative estimate of drug-likeness (QED) is 0.530. The van der Waals surface area contributed by atoms with Crippen molar-refractivity contribution < 1.29 is 19.4 Å². The lowest BCUT2D eigenvalue weighted by Crippen LogP contribution is -2.17. The predicted octanol–water partition coefficient (Wildman–Crippen LogP) is 3.70.